The van der Waals surface area contributed by atoms with E-state index < -0.39 is 0 Å². The van der Waals surface area contributed by atoms with E-state index >= 15 is 0 Å². The average molecular weight is 172 g/mol. The van der Waals surface area contributed by atoms with Crippen LogP contribution in [0.4, 0.5) is 0 Å². The Hall–Kier alpha value is 0.350. The van der Waals surface area contributed by atoms with Crippen LogP contribution in [0.3, 0.4) is 0 Å². The minimum absolute atomic E-state index is 0.961. The molecule has 0 aromatic heterocycles. The Bertz CT molecular complexity index is 95.0. The zero-order valence-electron chi connectivity index (χ0n) is 7.81. The first-order valence-electron chi connectivity index (χ1n) is 4.90. The molecule has 1 heterocycles. The molecule has 0 aromatic rings. The largest absolute Gasteiger partial charge is 0.162 e. The molecule has 1 heteroatoms. The molecular weight excluding hydrogens is 152 g/mol. The van der Waals surface area contributed by atoms with Gasteiger partial charge in [0, 0.05) is 0 Å². The van der Waals surface area contributed by atoms with Crippen LogP contribution in [0.5, 0.6) is 0 Å². The van der Waals surface area contributed by atoms with Gasteiger partial charge in [-0.3, -0.25) is 0 Å². The Kier molecular flexibility index (Phi) is 4.36. The van der Waals surface area contributed by atoms with Gasteiger partial charge in [-0.1, -0.05) is 20.3 Å². The lowest BCUT2D eigenvalue weighted by Gasteiger charge is -2.23. The van der Waals surface area contributed by atoms with E-state index in [-0.39, 0.29) is 0 Å². The van der Waals surface area contributed by atoms with Gasteiger partial charge in [-0.05, 0) is 42.6 Å². The molecule has 0 aliphatic carbocycles. The van der Waals surface area contributed by atoms with Crippen LogP contribution in [0.2, 0.25) is 0 Å². The van der Waals surface area contributed by atoms with Crippen LogP contribution < -0.4 is 0 Å². The summed E-state index contributed by atoms with van der Waals surface area (Å²) in [7, 11) is 0. The van der Waals surface area contributed by atoms with E-state index in [2.05, 4.69) is 25.6 Å². The lowest BCUT2D eigenvalue weighted by atomic mass is 9.90. The molecule has 1 atom stereocenters. The Morgan fingerprint density at radius 1 is 1.36 bits per heavy atom. The maximum atomic E-state index is 2.39. The maximum Gasteiger partial charge on any atom is -0.00649 e. The van der Waals surface area contributed by atoms with Crippen LogP contribution in [0, 0.1) is 11.8 Å². The fraction of sp³-hybridized carbons (Fsp3) is 1.00. The molecule has 1 unspecified atom stereocenters. The molecule has 0 nitrogen and oxygen atoms in total. The predicted octanol–water partition coefficient (Wildman–Crippen LogP) is 3.57. The topological polar surface area (TPSA) is 0 Å². The number of hydrogen-bond donors (Lipinski definition) is 0. The Balaban J connectivity index is 2.13. The monoisotopic (exact) mass is 172 g/mol. The van der Waals surface area contributed by atoms with Crippen LogP contribution in [0.1, 0.15) is 39.5 Å². The Morgan fingerprint density at radius 2 is 2.00 bits per heavy atom. The van der Waals surface area contributed by atoms with Gasteiger partial charge in [-0.15, -0.1) is 0 Å². The first-order valence-corrected chi connectivity index (χ1v) is 6.06. The van der Waals surface area contributed by atoms with Crippen molar-refractivity contribution in [3.05, 3.63) is 0 Å². The molecule has 0 N–H and O–H groups in total. The summed E-state index contributed by atoms with van der Waals surface area (Å²) in [6, 6.07) is 0. The standard InChI is InChI=1S/C10H20S/c1-3-9(2)8-10-4-6-11-7-5-10/h9-10H,3-8H2,1-2H3. The molecule has 1 fully saturated rings. The van der Waals surface area contributed by atoms with Gasteiger partial charge in [0.05, 0.1) is 0 Å². The SMILES string of the molecule is CCC(C)CC1CCSCC1. The molecule has 0 aromatic carbocycles. The molecule has 0 radical (unpaired) electrons. The van der Waals surface area contributed by atoms with Crippen LogP contribution in [-0.2, 0) is 0 Å². The van der Waals surface area contributed by atoms with Crippen molar-refractivity contribution in [1.29, 1.82) is 0 Å². The molecule has 0 amide bonds. The van der Waals surface area contributed by atoms with Crippen LogP contribution in [0.15, 0.2) is 0 Å². The molecule has 1 rings (SSSR count). The van der Waals surface area contributed by atoms with Gasteiger partial charge in [0.1, 0.15) is 0 Å². The highest BCUT2D eigenvalue weighted by atomic mass is 32.2. The first kappa shape index (κ1) is 9.44. The fourth-order valence-corrected chi connectivity index (χ4v) is 2.92. The van der Waals surface area contributed by atoms with E-state index in [1.54, 1.807) is 0 Å². The van der Waals surface area contributed by atoms with Crippen molar-refractivity contribution in [2.45, 2.75) is 39.5 Å². The minimum atomic E-state index is 0.961. The van der Waals surface area contributed by atoms with E-state index in [0.29, 0.717) is 0 Å². The van der Waals surface area contributed by atoms with E-state index in [9.17, 15) is 0 Å². The maximum absolute atomic E-state index is 2.39. The molecule has 0 saturated carbocycles. The van der Waals surface area contributed by atoms with Crippen molar-refractivity contribution in [3.63, 3.8) is 0 Å². The summed E-state index contributed by atoms with van der Waals surface area (Å²) < 4.78 is 0. The third kappa shape index (κ3) is 3.50. The molecule has 66 valence electrons. The van der Waals surface area contributed by atoms with Crippen molar-refractivity contribution in [2.75, 3.05) is 11.5 Å². The van der Waals surface area contributed by atoms with Crippen molar-refractivity contribution >= 4 is 11.8 Å². The zero-order chi connectivity index (χ0) is 8.10. The molecule has 11 heavy (non-hydrogen) atoms. The van der Waals surface area contributed by atoms with E-state index in [1.165, 1.54) is 37.2 Å². The molecule has 1 aliphatic rings. The highest BCUT2D eigenvalue weighted by Crippen LogP contribution is 2.28. The third-order valence-electron chi connectivity index (χ3n) is 2.77. The summed E-state index contributed by atoms with van der Waals surface area (Å²) in [5, 5.41) is 0. The zero-order valence-corrected chi connectivity index (χ0v) is 8.62. The van der Waals surface area contributed by atoms with Crippen LogP contribution >= 0.6 is 11.8 Å². The normalized spacial score (nSPS) is 23.5. The fourth-order valence-electron chi connectivity index (χ4n) is 1.72. The highest BCUT2D eigenvalue weighted by Gasteiger charge is 2.15. The number of hydrogen-bond acceptors (Lipinski definition) is 1. The summed E-state index contributed by atoms with van der Waals surface area (Å²) >= 11 is 2.13. The highest BCUT2D eigenvalue weighted by molar-refractivity contribution is 7.99. The lowest BCUT2D eigenvalue weighted by Crippen LogP contribution is -2.12. The van der Waals surface area contributed by atoms with Crippen molar-refractivity contribution < 1.29 is 0 Å². The first-order chi connectivity index (χ1) is 5.33. The molecule has 1 saturated heterocycles. The van der Waals surface area contributed by atoms with Gasteiger partial charge in [-0.2, -0.15) is 11.8 Å². The van der Waals surface area contributed by atoms with E-state index in [4.69, 9.17) is 0 Å². The van der Waals surface area contributed by atoms with Crippen LogP contribution in [0.25, 0.3) is 0 Å². The molecule has 1 aliphatic heterocycles. The Morgan fingerprint density at radius 3 is 2.55 bits per heavy atom. The summed E-state index contributed by atoms with van der Waals surface area (Å²) in [5.41, 5.74) is 0. The average Bonchev–Trinajstić information content (AvgIpc) is 2.06. The van der Waals surface area contributed by atoms with Gasteiger partial charge in [-0.25, -0.2) is 0 Å². The number of rotatable bonds is 3. The summed E-state index contributed by atoms with van der Waals surface area (Å²) in [6.07, 6.45) is 5.81. The Labute approximate surface area is 75.1 Å². The quantitative estimate of drug-likeness (QED) is 0.627. The smallest absolute Gasteiger partial charge is 0.00649 e. The van der Waals surface area contributed by atoms with Gasteiger partial charge in [0.2, 0.25) is 0 Å². The van der Waals surface area contributed by atoms with Crippen molar-refractivity contribution in [1.82, 2.24) is 0 Å². The van der Waals surface area contributed by atoms with Gasteiger partial charge < -0.3 is 0 Å². The molecule has 0 bridgehead atoms. The van der Waals surface area contributed by atoms with Gasteiger partial charge >= 0.3 is 0 Å². The van der Waals surface area contributed by atoms with Crippen molar-refractivity contribution in [3.8, 4) is 0 Å². The summed E-state index contributed by atoms with van der Waals surface area (Å²) in [4.78, 5) is 0. The van der Waals surface area contributed by atoms with E-state index in [0.717, 1.165) is 11.8 Å². The second-order valence-electron chi connectivity index (χ2n) is 3.80. The minimum Gasteiger partial charge on any atom is -0.162 e. The molecule has 0 spiro atoms. The number of thioether (sulfide) groups is 1. The molecular formula is C10H20S. The summed E-state index contributed by atoms with van der Waals surface area (Å²) in [6.45, 7) is 4.70. The predicted molar refractivity (Wildman–Crippen MR) is 54.1 cm³/mol. The second-order valence-corrected chi connectivity index (χ2v) is 5.03. The van der Waals surface area contributed by atoms with Gasteiger partial charge in [0.25, 0.3) is 0 Å². The van der Waals surface area contributed by atoms with Crippen LogP contribution in [-0.4, -0.2) is 11.5 Å². The second kappa shape index (κ2) is 5.08. The van der Waals surface area contributed by atoms with Gasteiger partial charge in [0.15, 0.2) is 0 Å². The summed E-state index contributed by atoms with van der Waals surface area (Å²) in [5.74, 6) is 4.86. The van der Waals surface area contributed by atoms with E-state index in [1.807, 2.05) is 0 Å². The third-order valence-corrected chi connectivity index (χ3v) is 3.82. The van der Waals surface area contributed by atoms with Crippen molar-refractivity contribution in [2.24, 2.45) is 11.8 Å². The lowest BCUT2D eigenvalue weighted by molar-refractivity contribution is 0.363.